The molecule has 0 saturated carbocycles. The quantitative estimate of drug-likeness (QED) is 0.803. The number of aryl methyl sites for hydroxylation is 1. The Morgan fingerprint density at radius 2 is 1.90 bits per heavy atom. The first-order valence-corrected chi connectivity index (χ1v) is 7.29. The van der Waals surface area contributed by atoms with Crippen LogP contribution in [-0.2, 0) is 6.42 Å². The van der Waals surface area contributed by atoms with E-state index < -0.39 is 0 Å². The second-order valence-electron chi connectivity index (χ2n) is 4.74. The van der Waals surface area contributed by atoms with Gasteiger partial charge in [0, 0.05) is 12.0 Å². The summed E-state index contributed by atoms with van der Waals surface area (Å²) in [5.41, 5.74) is 10.6. The number of nitrogens with two attached hydrogens (primary N) is 1. The highest BCUT2D eigenvalue weighted by atomic mass is 79.9. The van der Waals surface area contributed by atoms with Crippen LogP contribution in [0.25, 0.3) is 16.9 Å². The van der Waals surface area contributed by atoms with Crippen molar-refractivity contribution >= 4 is 21.6 Å². The molecule has 2 aromatic heterocycles. The van der Waals surface area contributed by atoms with Crippen LogP contribution in [0.4, 0.5) is 0 Å². The van der Waals surface area contributed by atoms with Crippen LogP contribution in [0.3, 0.4) is 0 Å². The SMILES string of the molecule is Cc1ccc(-c2ccc3nc(CCN)c(Br)n3n2)cc1. The molecule has 2 N–H and O–H groups in total. The van der Waals surface area contributed by atoms with Crippen molar-refractivity contribution in [3.63, 3.8) is 0 Å². The summed E-state index contributed by atoms with van der Waals surface area (Å²) in [6.45, 7) is 2.65. The van der Waals surface area contributed by atoms with Gasteiger partial charge in [-0.3, -0.25) is 0 Å². The maximum Gasteiger partial charge on any atom is 0.155 e. The lowest BCUT2D eigenvalue weighted by Gasteiger charge is -2.02. The summed E-state index contributed by atoms with van der Waals surface area (Å²) in [5, 5.41) is 4.64. The molecule has 1 aromatic carbocycles. The first-order chi connectivity index (χ1) is 9.69. The third-order valence-corrected chi connectivity index (χ3v) is 4.01. The van der Waals surface area contributed by atoms with Crippen molar-refractivity contribution in [2.75, 3.05) is 6.54 Å². The van der Waals surface area contributed by atoms with Gasteiger partial charge in [-0.2, -0.15) is 5.10 Å². The molecule has 0 atom stereocenters. The molecule has 0 fully saturated rings. The van der Waals surface area contributed by atoms with Crippen molar-refractivity contribution in [2.45, 2.75) is 13.3 Å². The second-order valence-corrected chi connectivity index (χ2v) is 5.49. The zero-order valence-corrected chi connectivity index (χ0v) is 12.8. The molecule has 0 aliphatic rings. The number of hydrogen-bond acceptors (Lipinski definition) is 3. The van der Waals surface area contributed by atoms with Crippen LogP contribution >= 0.6 is 15.9 Å². The number of aromatic nitrogens is 3. The van der Waals surface area contributed by atoms with Crippen molar-refractivity contribution in [2.24, 2.45) is 5.73 Å². The second kappa shape index (κ2) is 5.34. The van der Waals surface area contributed by atoms with E-state index in [-0.39, 0.29) is 0 Å². The molecule has 0 saturated heterocycles. The molecule has 3 rings (SSSR count). The molecule has 0 aliphatic carbocycles. The van der Waals surface area contributed by atoms with Crippen LogP contribution in [0, 0.1) is 6.92 Å². The Morgan fingerprint density at radius 3 is 2.60 bits per heavy atom. The highest BCUT2D eigenvalue weighted by Crippen LogP contribution is 2.22. The molecule has 4 nitrogen and oxygen atoms in total. The van der Waals surface area contributed by atoms with Crippen LogP contribution in [-0.4, -0.2) is 21.1 Å². The summed E-state index contributed by atoms with van der Waals surface area (Å²) < 4.78 is 2.70. The molecule has 0 spiro atoms. The first-order valence-electron chi connectivity index (χ1n) is 6.50. The zero-order chi connectivity index (χ0) is 14.1. The van der Waals surface area contributed by atoms with Crippen LogP contribution < -0.4 is 5.73 Å². The predicted octanol–water partition coefficient (Wildman–Crippen LogP) is 2.97. The van der Waals surface area contributed by atoms with Crippen LogP contribution in [0.1, 0.15) is 11.3 Å². The highest BCUT2D eigenvalue weighted by molar-refractivity contribution is 9.10. The van der Waals surface area contributed by atoms with Crippen LogP contribution in [0.15, 0.2) is 41.0 Å². The summed E-state index contributed by atoms with van der Waals surface area (Å²) >= 11 is 3.55. The Hall–Kier alpha value is -1.72. The van der Waals surface area contributed by atoms with E-state index in [1.807, 2.05) is 16.6 Å². The maximum absolute atomic E-state index is 5.60. The Morgan fingerprint density at radius 1 is 1.15 bits per heavy atom. The number of imidazole rings is 1. The molecule has 3 aromatic rings. The van der Waals surface area contributed by atoms with Crippen molar-refractivity contribution in [1.82, 2.24) is 14.6 Å². The van der Waals surface area contributed by atoms with Crippen LogP contribution in [0.2, 0.25) is 0 Å². The summed E-state index contributed by atoms with van der Waals surface area (Å²) in [6, 6.07) is 12.3. The maximum atomic E-state index is 5.60. The largest absolute Gasteiger partial charge is 0.330 e. The first kappa shape index (κ1) is 13.3. The average Bonchev–Trinajstić information content (AvgIpc) is 2.77. The minimum atomic E-state index is 0.577. The van der Waals surface area contributed by atoms with E-state index in [0.29, 0.717) is 6.54 Å². The molecular formula is C15H15BrN4. The Labute approximate surface area is 125 Å². The van der Waals surface area contributed by atoms with Gasteiger partial charge in [0.1, 0.15) is 4.60 Å². The normalized spacial score (nSPS) is 11.2. The predicted molar refractivity (Wildman–Crippen MR) is 83.6 cm³/mol. The van der Waals surface area contributed by atoms with E-state index in [2.05, 4.69) is 57.2 Å². The fourth-order valence-corrected chi connectivity index (χ4v) is 2.67. The average molecular weight is 331 g/mol. The lowest BCUT2D eigenvalue weighted by molar-refractivity contribution is 0.894. The van der Waals surface area contributed by atoms with E-state index in [0.717, 1.165) is 33.6 Å². The standard InChI is InChI=1S/C15H15BrN4/c1-10-2-4-11(5-3-10)12-6-7-14-18-13(8-9-17)15(16)20(14)19-12/h2-7H,8-9,17H2,1H3. The zero-order valence-electron chi connectivity index (χ0n) is 11.2. The summed E-state index contributed by atoms with van der Waals surface area (Å²) in [5.74, 6) is 0. The van der Waals surface area contributed by atoms with Crippen LogP contribution in [0.5, 0.6) is 0 Å². The molecule has 2 heterocycles. The monoisotopic (exact) mass is 330 g/mol. The molecule has 102 valence electrons. The Balaban J connectivity index is 2.10. The van der Waals surface area contributed by atoms with E-state index in [1.54, 1.807) is 0 Å². The van der Waals surface area contributed by atoms with Gasteiger partial charge in [0.25, 0.3) is 0 Å². The number of halogens is 1. The fraction of sp³-hybridized carbons (Fsp3) is 0.200. The summed E-state index contributed by atoms with van der Waals surface area (Å²) in [7, 11) is 0. The topological polar surface area (TPSA) is 56.2 Å². The van der Waals surface area contributed by atoms with Gasteiger partial charge >= 0.3 is 0 Å². The van der Waals surface area contributed by atoms with Crippen molar-refractivity contribution in [3.8, 4) is 11.3 Å². The molecule has 0 unspecified atom stereocenters. The van der Waals surface area contributed by atoms with Gasteiger partial charge in [-0.15, -0.1) is 0 Å². The molecule has 0 radical (unpaired) electrons. The number of fused-ring (bicyclic) bond motifs is 1. The molecule has 20 heavy (non-hydrogen) atoms. The van der Waals surface area contributed by atoms with Gasteiger partial charge in [-0.05, 0) is 41.5 Å². The van der Waals surface area contributed by atoms with Gasteiger partial charge in [-0.1, -0.05) is 29.8 Å². The van der Waals surface area contributed by atoms with E-state index in [9.17, 15) is 0 Å². The van der Waals surface area contributed by atoms with Crippen molar-refractivity contribution in [1.29, 1.82) is 0 Å². The number of benzene rings is 1. The fourth-order valence-electron chi connectivity index (χ4n) is 2.13. The van der Waals surface area contributed by atoms with Gasteiger partial charge in [0.2, 0.25) is 0 Å². The molecule has 5 heteroatoms. The smallest absolute Gasteiger partial charge is 0.155 e. The highest BCUT2D eigenvalue weighted by Gasteiger charge is 2.11. The minimum absolute atomic E-state index is 0.577. The molecular weight excluding hydrogens is 316 g/mol. The number of nitrogens with zero attached hydrogens (tertiary/aromatic N) is 3. The molecule has 0 aliphatic heterocycles. The van der Waals surface area contributed by atoms with E-state index in [4.69, 9.17) is 5.73 Å². The summed E-state index contributed by atoms with van der Waals surface area (Å²) in [4.78, 5) is 4.52. The van der Waals surface area contributed by atoms with Crippen molar-refractivity contribution in [3.05, 3.63) is 52.3 Å². The third-order valence-electron chi connectivity index (χ3n) is 3.22. The van der Waals surface area contributed by atoms with Gasteiger partial charge in [-0.25, -0.2) is 9.50 Å². The third kappa shape index (κ3) is 2.34. The minimum Gasteiger partial charge on any atom is -0.330 e. The Kier molecular flexibility index (Phi) is 3.54. The van der Waals surface area contributed by atoms with Gasteiger partial charge in [0.15, 0.2) is 5.65 Å². The molecule has 0 bridgehead atoms. The van der Waals surface area contributed by atoms with Gasteiger partial charge in [0.05, 0.1) is 11.4 Å². The van der Waals surface area contributed by atoms with Crippen molar-refractivity contribution < 1.29 is 0 Å². The van der Waals surface area contributed by atoms with Gasteiger partial charge < -0.3 is 5.73 Å². The lowest BCUT2D eigenvalue weighted by Crippen LogP contribution is -2.03. The number of rotatable bonds is 3. The Bertz CT molecular complexity index is 746. The summed E-state index contributed by atoms with van der Waals surface area (Å²) in [6.07, 6.45) is 0.740. The number of hydrogen-bond donors (Lipinski definition) is 1. The van der Waals surface area contributed by atoms with E-state index >= 15 is 0 Å². The lowest BCUT2D eigenvalue weighted by atomic mass is 10.1. The van der Waals surface area contributed by atoms with E-state index in [1.165, 1.54) is 5.56 Å². The molecule has 0 amide bonds.